The fourth-order valence-electron chi connectivity index (χ4n) is 5.38. The molecular formula is C27H36N8. The van der Waals surface area contributed by atoms with Crippen LogP contribution in [0.4, 0.5) is 11.6 Å². The van der Waals surface area contributed by atoms with E-state index in [-0.39, 0.29) is 0 Å². The fourth-order valence-corrected chi connectivity index (χ4v) is 5.38. The molecule has 0 spiro atoms. The zero-order valence-electron chi connectivity index (χ0n) is 20.5. The Morgan fingerprint density at radius 2 is 2.00 bits per heavy atom. The van der Waals surface area contributed by atoms with Gasteiger partial charge in [-0.15, -0.1) is 0 Å². The maximum absolute atomic E-state index is 4.59. The number of nitrogens with zero attached hydrogens (tertiary/aromatic N) is 5. The third-order valence-electron chi connectivity index (χ3n) is 7.17. The van der Waals surface area contributed by atoms with E-state index in [1.165, 1.54) is 24.8 Å². The molecule has 1 aromatic carbocycles. The van der Waals surface area contributed by atoms with Gasteiger partial charge in [0.15, 0.2) is 0 Å². The van der Waals surface area contributed by atoms with Gasteiger partial charge in [0.1, 0.15) is 23.6 Å². The van der Waals surface area contributed by atoms with E-state index in [1.54, 1.807) is 6.33 Å². The number of anilines is 2. The number of fused-ring (bicyclic) bond motifs is 1. The highest BCUT2D eigenvalue weighted by Crippen LogP contribution is 2.37. The standard InChI is InChI=1S/C27H36N8/c1-28-26-24-12-17-35(27(24)31-20-30-26)23-9-8-22(18-23)19-34(25-11-15-32-33-25)16-5-13-29-14-10-21-6-3-2-4-7-21/h2-4,6-7,11-12,15,17,20,22-23,29H,5,8-10,13-14,16,18-19H2,1H3,(H,32,33)(H,28,30,31). The van der Waals surface area contributed by atoms with Gasteiger partial charge in [0.25, 0.3) is 0 Å². The predicted octanol–water partition coefficient (Wildman–Crippen LogP) is 4.27. The zero-order chi connectivity index (χ0) is 23.9. The Labute approximate surface area is 207 Å². The van der Waals surface area contributed by atoms with E-state index in [1.807, 2.05) is 13.2 Å². The summed E-state index contributed by atoms with van der Waals surface area (Å²) in [6, 6.07) is 15.4. The number of H-pyrrole nitrogens is 1. The molecule has 0 amide bonds. The normalized spacial score (nSPS) is 17.7. The minimum absolute atomic E-state index is 0.486. The first kappa shape index (κ1) is 23.4. The third kappa shape index (κ3) is 5.65. The molecule has 0 saturated heterocycles. The molecule has 35 heavy (non-hydrogen) atoms. The Kier molecular flexibility index (Phi) is 7.58. The Bertz CT molecular complexity index is 1170. The molecule has 3 aromatic heterocycles. The Morgan fingerprint density at radius 1 is 1.09 bits per heavy atom. The summed E-state index contributed by atoms with van der Waals surface area (Å²) in [4.78, 5) is 11.4. The number of aromatic amines is 1. The lowest BCUT2D eigenvalue weighted by molar-refractivity contribution is 0.474. The number of aromatic nitrogens is 5. The molecule has 5 rings (SSSR count). The van der Waals surface area contributed by atoms with Gasteiger partial charge in [-0.3, -0.25) is 5.10 Å². The van der Waals surface area contributed by atoms with E-state index in [2.05, 4.69) is 88.9 Å². The maximum Gasteiger partial charge on any atom is 0.145 e. The van der Waals surface area contributed by atoms with Gasteiger partial charge in [0.05, 0.1) is 11.6 Å². The Balaban J connectivity index is 1.13. The summed E-state index contributed by atoms with van der Waals surface area (Å²) in [6.07, 6.45) is 11.5. The summed E-state index contributed by atoms with van der Waals surface area (Å²) >= 11 is 0. The van der Waals surface area contributed by atoms with Crippen molar-refractivity contribution in [1.82, 2.24) is 30.0 Å². The van der Waals surface area contributed by atoms with Crippen LogP contribution in [0, 0.1) is 5.92 Å². The smallest absolute Gasteiger partial charge is 0.145 e. The van der Waals surface area contributed by atoms with Crippen LogP contribution in [0.1, 0.15) is 37.3 Å². The van der Waals surface area contributed by atoms with E-state index >= 15 is 0 Å². The molecular weight excluding hydrogens is 436 g/mol. The minimum Gasteiger partial charge on any atom is -0.372 e. The number of hydrogen-bond acceptors (Lipinski definition) is 6. The lowest BCUT2D eigenvalue weighted by Crippen LogP contribution is -2.32. The van der Waals surface area contributed by atoms with Crippen LogP contribution in [0.15, 0.2) is 61.2 Å². The molecule has 1 aliphatic rings. The minimum atomic E-state index is 0.486. The molecule has 2 unspecified atom stereocenters. The van der Waals surface area contributed by atoms with E-state index in [0.717, 1.165) is 61.7 Å². The molecule has 1 aliphatic carbocycles. The average Bonchev–Trinajstić information content (AvgIpc) is 3.66. The van der Waals surface area contributed by atoms with E-state index < -0.39 is 0 Å². The van der Waals surface area contributed by atoms with Crippen LogP contribution in [0.5, 0.6) is 0 Å². The van der Waals surface area contributed by atoms with Crippen molar-refractivity contribution >= 4 is 22.7 Å². The van der Waals surface area contributed by atoms with Crippen LogP contribution in [-0.4, -0.2) is 58.0 Å². The second-order valence-electron chi connectivity index (χ2n) is 9.49. The summed E-state index contributed by atoms with van der Waals surface area (Å²) in [6.45, 7) is 4.11. The first-order valence-electron chi connectivity index (χ1n) is 12.8. The number of benzene rings is 1. The summed E-state index contributed by atoms with van der Waals surface area (Å²) in [5.41, 5.74) is 2.42. The predicted molar refractivity (Wildman–Crippen MR) is 142 cm³/mol. The van der Waals surface area contributed by atoms with Gasteiger partial charge >= 0.3 is 0 Å². The topological polar surface area (TPSA) is 86.7 Å². The third-order valence-corrected chi connectivity index (χ3v) is 7.17. The molecule has 2 atom stereocenters. The lowest BCUT2D eigenvalue weighted by Gasteiger charge is -2.26. The molecule has 0 radical (unpaired) electrons. The highest BCUT2D eigenvalue weighted by atomic mass is 15.3. The Morgan fingerprint density at radius 3 is 2.83 bits per heavy atom. The fraction of sp³-hybridized carbons (Fsp3) is 0.444. The molecule has 0 bridgehead atoms. The molecule has 8 heteroatoms. The van der Waals surface area contributed by atoms with Crippen LogP contribution in [0.3, 0.4) is 0 Å². The highest BCUT2D eigenvalue weighted by molar-refractivity contribution is 5.87. The van der Waals surface area contributed by atoms with Crippen molar-refractivity contribution in [2.24, 2.45) is 5.92 Å². The first-order valence-corrected chi connectivity index (χ1v) is 12.8. The molecule has 8 nitrogen and oxygen atoms in total. The van der Waals surface area contributed by atoms with E-state index in [9.17, 15) is 0 Å². The zero-order valence-corrected chi connectivity index (χ0v) is 20.5. The number of rotatable bonds is 12. The molecule has 3 N–H and O–H groups in total. The van der Waals surface area contributed by atoms with Gasteiger partial charge in [-0.2, -0.15) is 5.10 Å². The van der Waals surface area contributed by atoms with Crippen LogP contribution in [0.25, 0.3) is 11.0 Å². The van der Waals surface area contributed by atoms with Crippen molar-refractivity contribution in [1.29, 1.82) is 0 Å². The van der Waals surface area contributed by atoms with Gasteiger partial charge in [-0.25, -0.2) is 9.97 Å². The largest absolute Gasteiger partial charge is 0.372 e. The molecule has 3 heterocycles. The Hall–Kier alpha value is -3.39. The molecule has 1 fully saturated rings. The summed E-state index contributed by atoms with van der Waals surface area (Å²) in [5, 5.41) is 15.3. The molecule has 4 aromatic rings. The van der Waals surface area contributed by atoms with Gasteiger partial charge in [0, 0.05) is 38.4 Å². The monoisotopic (exact) mass is 472 g/mol. The van der Waals surface area contributed by atoms with Crippen molar-refractivity contribution in [2.75, 3.05) is 43.4 Å². The second kappa shape index (κ2) is 11.4. The summed E-state index contributed by atoms with van der Waals surface area (Å²) < 4.78 is 2.36. The highest BCUT2D eigenvalue weighted by Gasteiger charge is 2.29. The van der Waals surface area contributed by atoms with Gasteiger partial charge in [-0.1, -0.05) is 30.3 Å². The average molecular weight is 473 g/mol. The van der Waals surface area contributed by atoms with Crippen molar-refractivity contribution in [3.63, 3.8) is 0 Å². The van der Waals surface area contributed by atoms with Crippen LogP contribution in [0.2, 0.25) is 0 Å². The molecule has 1 saturated carbocycles. The lowest BCUT2D eigenvalue weighted by atomic mass is 10.1. The van der Waals surface area contributed by atoms with E-state index in [0.29, 0.717) is 12.0 Å². The number of hydrogen-bond donors (Lipinski definition) is 3. The SMILES string of the molecule is CNc1ncnc2c1ccn2C1CCC(CN(CCCNCCc2ccccc2)c2ccn[nH]2)C1. The quantitative estimate of drug-likeness (QED) is 0.267. The summed E-state index contributed by atoms with van der Waals surface area (Å²) in [5.74, 6) is 2.67. The van der Waals surface area contributed by atoms with Crippen molar-refractivity contribution < 1.29 is 0 Å². The van der Waals surface area contributed by atoms with Gasteiger partial charge in [0.2, 0.25) is 0 Å². The van der Waals surface area contributed by atoms with E-state index in [4.69, 9.17) is 0 Å². The molecule has 184 valence electrons. The number of nitrogens with one attached hydrogen (secondary N) is 3. The molecule has 0 aliphatic heterocycles. The maximum atomic E-state index is 4.59. The van der Waals surface area contributed by atoms with Crippen molar-refractivity contribution in [3.05, 3.63) is 66.7 Å². The second-order valence-corrected chi connectivity index (χ2v) is 9.49. The van der Waals surface area contributed by atoms with Gasteiger partial charge < -0.3 is 20.1 Å². The van der Waals surface area contributed by atoms with Crippen molar-refractivity contribution in [3.8, 4) is 0 Å². The van der Waals surface area contributed by atoms with Crippen LogP contribution >= 0.6 is 0 Å². The van der Waals surface area contributed by atoms with Gasteiger partial charge in [-0.05, 0) is 62.7 Å². The van der Waals surface area contributed by atoms with Crippen LogP contribution < -0.4 is 15.5 Å². The van der Waals surface area contributed by atoms with Crippen LogP contribution in [-0.2, 0) is 6.42 Å². The first-order chi connectivity index (χ1) is 17.3. The summed E-state index contributed by atoms with van der Waals surface area (Å²) in [7, 11) is 1.91. The van der Waals surface area contributed by atoms with Crippen molar-refractivity contribution in [2.45, 2.75) is 38.1 Å².